The standard InChI is InChI=1S/C12H22N4O5/c1-6(2)5-14-10(18)7(3)15-12(21)16-8(11(19)20)4-9(13)17/h6-8H,4-5H2,1-3H3,(H2,13,17)(H,14,18)(H,19,20)(H2,15,16,21). The Morgan fingerprint density at radius 3 is 2.10 bits per heavy atom. The molecule has 0 spiro atoms. The van der Waals surface area contributed by atoms with Gasteiger partial charge in [0.15, 0.2) is 0 Å². The summed E-state index contributed by atoms with van der Waals surface area (Å²) < 4.78 is 0. The van der Waals surface area contributed by atoms with E-state index in [1.807, 2.05) is 13.8 Å². The van der Waals surface area contributed by atoms with Gasteiger partial charge in [0.1, 0.15) is 12.1 Å². The topological polar surface area (TPSA) is 151 Å². The maximum Gasteiger partial charge on any atom is 0.326 e. The molecule has 0 fully saturated rings. The molecule has 2 unspecified atom stereocenters. The number of urea groups is 1. The van der Waals surface area contributed by atoms with E-state index in [-0.39, 0.29) is 11.8 Å². The van der Waals surface area contributed by atoms with Gasteiger partial charge in [-0.25, -0.2) is 9.59 Å². The molecular weight excluding hydrogens is 280 g/mol. The van der Waals surface area contributed by atoms with Crippen molar-refractivity contribution in [2.75, 3.05) is 6.54 Å². The lowest BCUT2D eigenvalue weighted by Crippen LogP contribution is -2.53. The molecule has 0 bridgehead atoms. The Labute approximate surface area is 122 Å². The van der Waals surface area contributed by atoms with Gasteiger partial charge in [-0.1, -0.05) is 13.8 Å². The van der Waals surface area contributed by atoms with Crippen LogP contribution in [0.2, 0.25) is 0 Å². The van der Waals surface area contributed by atoms with Gasteiger partial charge in [-0.05, 0) is 12.8 Å². The zero-order valence-electron chi connectivity index (χ0n) is 12.3. The third kappa shape index (κ3) is 8.45. The Morgan fingerprint density at radius 1 is 1.10 bits per heavy atom. The smallest absolute Gasteiger partial charge is 0.326 e. The second kappa shape index (κ2) is 8.77. The summed E-state index contributed by atoms with van der Waals surface area (Å²) in [6.45, 7) is 5.77. The Hall–Kier alpha value is -2.32. The van der Waals surface area contributed by atoms with E-state index in [0.717, 1.165) is 0 Å². The maximum absolute atomic E-state index is 11.6. The van der Waals surface area contributed by atoms with Gasteiger partial charge in [0.2, 0.25) is 11.8 Å². The van der Waals surface area contributed by atoms with Gasteiger partial charge in [-0.3, -0.25) is 9.59 Å². The first-order valence-corrected chi connectivity index (χ1v) is 6.49. The third-order valence-corrected chi connectivity index (χ3v) is 2.43. The van der Waals surface area contributed by atoms with Crippen LogP contribution in [0.4, 0.5) is 4.79 Å². The van der Waals surface area contributed by atoms with Crippen molar-refractivity contribution in [2.24, 2.45) is 11.7 Å². The van der Waals surface area contributed by atoms with Crippen LogP contribution in [0.3, 0.4) is 0 Å². The van der Waals surface area contributed by atoms with Gasteiger partial charge in [0.05, 0.1) is 6.42 Å². The first-order valence-electron chi connectivity index (χ1n) is 6.49. The number of hydrogen-bond donors (Lipinski definition) is 5. The summed E-state index contributed by atoms with van der Waals surface area (Å²) in [4.78, 5) is 44.7. The van der Waals surface area contributed by atoms with Gasteiger partial charge in [-0.2, -0.15) is 0 Å². The zero-order valence-corrected chi connectivity index (χ0v) is 12.3. The largest absolute Gasteiger partial charge is 0.480 e. The number of hydrogen-bond acceptors (Lipinski definition) is 4. The van der Waals surface area contributed by atoms with Crippen LogP contribution in [0.25, 0.3) is 0 Å². The molecule has 0 radical (unpaired) electrons. The van der Waals surface area contributed by atoms with Crippen molar-refractivity contribution in [3.05, 3.63) is 0 Å². The summed E-state index contributed by atoms with van der Waals surface area (Å²) >= 11 is 0. The minimum absolute atomic E-state index is 0.266. The number of carboxylic acids is 1. The normalized spacial score (nSPS) is 13.1. The summed E-state index contributed by atoms with van der Waals surface area (Å²) in [5, 5.41) is 15.8. The predicted octanol–water partition coefficient (Wildman–Crippen LogP) is -1.23. The molecule has 0 aliphatic heterocycles. The van der Waals surface area contributed by atoms with Crippen molar-refractivity contribution < 1.29 is 24.3 Å². The van der Waals surface area contributed by atoms with Crippen LogP contribution in [0, 0.1) is 5.92 Å². The molecule has 0 aromatic rings. The molecular formula is C12H22N4O5. The quantitative estimate of drug-likeness (QED) is 0.380. The molecule has 4 amide bonds. The molecule has 0 heterocycles. The van der Waals surface area contributed by atoms with Crippen LogP contribution in [0.15, 0.2) is 0 Å². The number of nitrogens with two attached hydrogens (primary N) is 1. The minimum atomic E-state index is -1.44. The van der Waals surface area contributed by atoms with Crippen molar-refractivity contribution >= 4 is 23.8 Å². The molecule has 9 heteroatoms. The number of carbonyl (C=O) groups is 4. The molecule has 21 heavy (non-hydrogen) atoms. The Balaban J connectivity index is 4.36. The van der Waals surface area contributed by atoms with E-state index in [1.54, 1.807) is 0 Å². The number of amides is 4. The molecule has 0 aromatic carbocycles. The fourth-order valence-corrected chi connectivity index (χ4v) is 1.32. The highest BCUT2D eigenvalue weighted by Gasteiger charge is 2.23. The van der Waals surface area contributed by atoms with Crippen molar-refractivity contribution in [1.82, 2.24) is 16.0 Å². The number of nitrogens with one attached hydrogen (secondary N) is 3. The van der Waals surface area contributed by atoms with Gasteiger partial charge >= 0.3 is 12.0 Å². The molecule has 9 nitrogen and oxygen atoms in total. The van der Waals surface area contributed by atoms with Crippen LogP contribution in [0.1, 0.15) is 27.2 Å². The molecule has 120 valence electrons. The third-order valence-electron chi connectivity index (χ3n) is 2.43. The highest BCUT2D eigenvalue weighted by molar-refractivity contribution is 5.90. The maximum atomic E-state index is 11.6. The average Bonchev–Trinajstić information content (AvgIpc) is 2.33. The fraction of sp³-hybridized carbons (Fsp3) is 0.667. The molecule has 0 saturated heterocycles. The van der Waals surface area contributed by atoms with E-state index < -0.39 is 36.4 Å². The Morgan fingerprint density at radius 2 is 1.67 bits per heavy atom. The monoisotopic (exact) mass is 302 g/mol. The molecule has 2 atom stereocenters. The van der Waals surface area contributed by atoms with Crippen LogP contribution in [-0.4, -0.2) is 47.5 Å². The summed E-state index contributed by atoms with van der Waals surface area (Å²) in [7, 11) is 0. The average molecular weight is 302 g/mol. The number of rotatable bonds is 8. The minimum Gasteiger partial charge on any atom is -0.480 e. The first kappa shape index (κ1) is 18.7. The lowest BCUT2D eigenvalue weighted by atomic mass is 10.2. The molecule has 6 N–H and O–H groups in total. The highest BCUT2D eigenvalue weighted by Crippen LogP contribution is 1.93. The second-order valence-corrected chi connectivity index (χ2v) is 5.04. The van der Waals surface area contributed by atoms with Gasteiger partial charge in [0, 0.05) is 6.54 Å². The summed E-state index contributed by atoms with van der Waals surface area (Å²) in [5.74, 6) is -2.37. The van der Waals surface area contributed by atoms with Gasteiger partial charge < -0.3 is 26.8 Å². The zero-order chi connectivity index (χ0) is 16.6. The van der Waals surface area contributed by atoms with Gasteiger partial charge in [0.25, 0.3) is 0 Å². The van der Waals surface area contributed by atoms with E-state index in [1.165, 1.54) is 6.92 Å². The lowest BCUT2D eigenvalue weighted by molar-refractivity contribution is -0.140. The summed E-state index contributed by atoms with van der Waals surface area (Å²) in [6.07, 6.45) is -0.531. The molecule has 0 saturated carbocycles. The van der Waals surface area contributed by atoms with Crippen LogP contribution < -0.4 is 21.7 Å². The number of aliphatic carboxylic acids is 1. The van der Waals surface area contributed by atoms with Crippen molar-refractivity contribution in [1.29, 1.82) is 0 Å². The van der Waals surface area contributed by atoms with E-state index in [4.69, 9.17) is 10.8 Å². The lowest BCUT2D eigenvalue weighted by Gasteiger charge is -2.18. The van der Waals surface area contributed by atoms with E-state index in [0.29, 0.717) is 6.54 Å². The molecule has 0 aliphatic rings. The Bertz CT molecular complexity index is 410. The SMILES string of the molecule is CC(C)CNC(=O)C(C)NC(=O)NC(CC(N)=O)C(=O)O. The van der Waals surface area contributed by atoms with Crippen LogP contribution in [-0.2, 0) is 14.4 Å². The summed E-state index contributed by atoms with van der Waals surface area (Å²) in [6, 6.07) is -3.14. The predicted molar refractivity (Wildman–Crippen MR) is 74.2 cm³/mol. The van der Waals surface area contributed by atoms with E-state index in [2.05, 4.69) is 16.0 Å². The summed E-state index contributed by atoms with van der Waals surface area (Å²) in [5.41, 5.74) is 4.89. The fourth-order valence-electron chi connectivity index (χ4n) is 1.32. The highest BCUT2D eigenvalue weighted by atomic mass is 16.4. The Kier molecular flexibility index (Phi) is 7.80. The second-order valence-electron chi connectivity index (χ2n) is 5.04. The van der Waals surface area contributed by atoms with Crippen molar-refractivity contribution in [3.63, 3.8) is 0 Å². The number of carbonyl (C=O) groups excluding carboxylic acids is 3. The van der Waals surface area contributed by atoms with Crippen LogP contribution in [0.5, 0.6) is 0 Å². The molecule has 0 rings (SSSR count). The number of primary amides is 1. The first-order chi connectivity index (χ1) is 9.63. The van der Waals surface area contributed by atoms with Crippen molar-refractivity contribution in [2.45, 2.75) is 39.3 Å². The van der Waals surface area contributed by atoms with E-state index in [9.17, 15) is 19.2 Å². The molecule has 0 aliphatic carbocycles. The van der Waals surface area contributed by atoms with Crippen LogP contribution >= 0.6 is 0 Å². The van der Waals surface area contributed by atoms with E-state index >= 15 is 0 Å². The van der Waals surface area contributed by atoms with Gasteiger partial charge in [-0.15, -0.1) is 0 Å². The van der Waals surface area contributed by atoms with Crippen molar-refractivity contribution in [3.8, 4) is 0 Å². The molecule has 0 aromatic heterocycles. The number of carboxylic acid groups (broad SMARTS) is 1.